The maximum Gasteiger partial charge on any atom is 0.0547 e. The Bertz CT molecular complexity index is 442. The van der Waals surface area contributed by atoms with E-state index in [9.17, 15) is 0 Å². The Morgan fingerprint density at radius 1 is 1.40 bits per heavy atom. The van der Waals surface area contributed by atoms with E-state index in [0.717, 1.165) is 24.5 Å². The second kappa shape index (κ2) is 6.23. The summed E-state index contributed by atoms with van der Waals surface area (Å²) in [7, 11) is 2.18. The number of aryl methyl sites for hydroxylation is 1. The van der Waals surface area contributed by atoms with Gasteiger partial charge >= 0.3 is 0 Å². The van der Waals surface area contributed by atoms with Gasteiger partial charge in [0, 0.05) is 24.8 Å². The van der Waals surface area contributed by atoms with Gasteiger partial charge in [-0.3, -0.25) is 4.98 Å². The van der Waals surface area contributed by atoms with Crippen molar-refractivity contribution in [1.82, 2.24) is 9.88 Å². The Morgan fingerprint density at radius 3 is 2.85 bits per heavy atom. The molecule has 1 fully saturated rings. The molecule has 1 aromatic rings. The standard InChI is InChI=1S/C17H29N3/c1-13-7-5-9-15(19-13)12-20(4)11-14-8-6-10-17(2,3)16(14)18/h5,7,9,14,16H,6,8,10-12,18H2,1-4H3. The quantitative estimate of drug-likeness (QED) is 0.918. The Morgan fingerprint density at radius 2 is 2.15 bits per heavy atom. The van der Waals surface area contributed by atoms with Crippen molar-refractivity contribution < 1.29 is 0 Å². The molecule has 1 aliphatic rings. The number of nitrogens with two attached hydrogens (primary N) is 1. The smallest absolute Gasteiger partial charge is 0.0547 e. The van der Waals surface area contributed by atoms with Crippen LogP contribution in [0.4, 0.5) is 0 Å². The molecule has 2 unspecified atom stereocenters. The van der Waals surface area contributed by atoms with Crippen molar-refractivity contribution in [2.45, 2.75) is 52.6 Å². The Labute approximate surface area is 123 Å². The molecule has 2 rings (SSSR count). The second-order valence-corrected chi connectivity index (χ2v) is 7.13. The van der Waals surface area contributed by atoms with Crippen LogP contribution in [0.25, 0.3) is 0 Å². The van der Waals surface area contributed by atoms with E-state index in [4.69, 9.17) is 5.73 Å². The van der Waals surface area contributed by atoms with Gasteiger partial charge in [0.25, 0.3) is 0 Å². The van der Waals surface area contributed by atoms with Crippen LogP contribution in [-0.2, 0) is 6.54 Å². The summed E-state index contributed by atoms with van der Waals surface area (Å²) < 4.78 is 0. The van der Waals surface area contributed by atoms with Crippen molar-refractivity contribution in [3.63, 3.8) is 0 Å². The molecule has 3 heteroatoms. The summed E-state index contributed by atoms with van der Waals surface area (Å²) >= 11 is 0. The van der Waals surface area contributed by atoms with Gasteiger partial charge in [0.1, 0.15) is 0 Å². The lowest BCUT2D eigenvalue weighted by Gasteiger charge is -2.43. The fourth-order valence-electron chi connectivity index (χ4n) is 3.44. The third-order valence-corrected chi connectivity index (χ3v) is 4.73. The highest BCUT2D eigenvalue weighted by molar-refractivity contribution is 5.09. The molecule has 0 radical (unpaired) electrons. The summed E-state index contributed by atoms with van der Waals surface area (Å²) in [6.45, 7) is 8.65. The highest BCUT2D eigenvalue weighted by Crippen LogP contribution is 2.37. The van der Waals surface area contributed by atoms with E-state index in [2.05, 4.69) is 42.9 Å². The van der Waals surface area contributed by atoms with E-state index in [1.54, 1.807) is 0 Å². The molecule has 0 aromatic carbocycles. The second-order valence-electron chi connectivity index (χ2n) is 7.13. The number of aromatic nitrogens is 1. The monoisotopic (exact) mass is 275 g/mol. The van der Waals surface area contributed by atoms with Crippen molar-refractivity contribution in [2.24, 2.45) is 17.1 Å². The number of pyridine rings is 1. The lowest BCUT2D eigenvalue weighted by molar-refractivity contribution is 0.108. The highest BCUT2D eigenvalue weighted by Gasteiger charge is 2.36. The van der Waals surface area contributed by atoms with E-state index in [1.165, 1.54) is 19.3 Å². The fourth-order valence-corrected chi connectivity index (χ4v) is 3.44. The van der Waals surface area contributed by atoms with Crippen LogP contribution in [0.15, 0.2) is 18.2 Å². The van der Waals surface area contributed by atoms with Gasteiger partial charge in [-0.1, -0.05) is 26.3 Å². The summed E-state index contributed by atoms with van der Waals surface area (Å²) in [5.41, 5.74) is 9.00. The summed E-state index contributed by atoms with van der Waals surface area (Å²) in [4.78, 5) is 6.95. The van der Waals surface area contributed by atoms with Crippen LogP contribution in [-0.4, -0.2) is 29.5 Å². The highest BCUT2D eigenvalue weighted by atomic mass is 15.1. The summed E-state index contributed by atoms with van der Waals surface area (Å²) in [6, 6.07) is 6.54. The maximum atomic E-state index is 6.48. The number of rotatable bonds is 4. The predicted octanol–water partition coefficient (Wildman–Crippen LogP) is 2.98. The largest absolute Gasteiger partial charge is 0.327 e. The van der Waals surface area contributed by atoms with Gasteiger partial charge in [-0.2, -0.15) is 0 Å². The molecule has 1 aliphatic carbocycles. The van der Waals surface area contributed by atoms with E-state index in [-0.39, 0.29) is 5.41 Å². The minimum atomic E-state index is 0.283. The molecular weight excluding hydrogens is 246 g/mol. The Kier molecular flexibility index (Phi) is 4.82. The average Bonchev–Trinajstić information content (AvgIpc) is 2.35. The van der Waals surface area contributed by atoms with Gasteiger partial charge in [0.2, 0.25) is 0 Å². The SMILES string of the molecule is Cc1cccc(CN(C)CC2CCCC(C)(C)C2N)n1. The molecule has 2 N–H and O–H groups in total. The first-order chi connectivity index (χ1) is 9.38. The molecule has 0 amide bonds. The molecule has 0 aliphatic heterocycles. The number of nitrogens with zero attached hydrogens (tertiary/aromatic N) is 2. The lowest BCUT2D eigenvalue weighted by Crippen LogP contribution is -2.49. The molecule has 1 saturated carbocycles. The van der Waals surface area contributed by atoms with Crippen LogP contribution >= 0.6 is 0 Å². The molecular formula is C17H29N3. The van der Waals surface area contributed by atoms with Crippen LogP contribution in [0.3, 0.4) is 0 Å². The third kappa shape index (κ3) is 3.80. The maximum absolute atomic E-state index is 6.48. The Balaban J connectivity index is 1.92. The molecule has 1 aromatic heterocycles. The van der Waals surface area contributed by atoms with Crippen LogP contribution in [0.1, 0.15) is 44.5 Å². The molecule has 0 bridgehead atoms. The minimum Gasteiger partial charge on any atom is -0.327 e. The van der Waals surface area contributed by atoms with E-state index < -0.39 is 0 Å². The first kappa shape index (κ1) is 15.5. The summed E-state index contributed by atoms with van der Waals surface area (Å²) in [5.74, 6) is 0.605. The fraction of sp³-hybridized carbons (Fsp3) is 0.706. The van der Waals surface area contributed by atoms with Gasteiger partial charge < -0.3 is 10.6 Å². The number of hydrogen-bond acceptors (Lipinski definition) is 3. The molecule has 2 atom stereocenters. The zero-order valence-electron chi connectivity index (χ0n) is 13.4. The van der Waals surface area contributed by atoms with Crippen LogP contribution in [0.2, 0.25) is 0 Å². The molecule has 112 valence electrons. The molecule has 20 heavy (non-hydrogen) atoms. The van der Waals surface area contributed by atoms with E-state index in [0.29, 0.717) is 12.0 Å². The Hall–Kier alpha value is -0.930. The molecule has 3 nitrogen and oxygen atoms in total. The van der Waals surface area contributed by atoms with Crippen molar-refractivity contribution in [3.8, 4) is 0 Å². The van der Waals surface area contributed by atoms with Crippen LogP contribution in [0, 0.1) is 18.3 Å². The average molecular weight is 275 g/mol. The van der Waals surface area contributed by atoms with Gasteiger partial charge in [-0.25, -0.2) is 0 Å². The number of hydrogen-bond donors (Lipinski definition) is 1. The topological polar surface area (TPSA) is 42.1 Å². The van der Waals surface area contributed by atoms with Crippen molar-refractivity contribution in [3.05, 3.63) is 29.6 Å². The summed E-state index contributed by atoms with van der Waals surface area (Å²) in [6.07, 6.45) is 3.83. The van der Waals surface area contributed by atoms with E-state index in [1.807, 2.05) is 13.0 Å². The third-order valence-electron chi connectivity index (χ3n) is 4.73. The molecule has 1 heterocycles. The predicted molar refractivity (Wildman–Crippen MR) is 84.4 cm³/mol. The van der Waals surface area contributed by atoms with Gasteiger partial charge in [0.05, 0.1) is 5.69 Å². The zero-order valence-corrected chi connectivity index (χ0v) is 13.4. The van der Waals surface area contributed by atoms with Crippen LogP contribution in [0.5, 0.6) is 0 Å². The lowest BCUT2D eigenvalue weighted by atomic mass is 9.68. The molecule has 0 saturated heterocycles. The van der Waals surface area contributed by atoms with Crippen molar-refractivity contribution in [2.75, 3.05) is 13.6 Å². The van der Waals surface area contributed by atoms with Crippen molar-refractivity contribution >= 4 is 0 Å². The summed E-state index contributed by atoms with van der Waals surface area (Å²) in [5, 5.41) is 0. The van der Waals surface area contributed by atoms with Crippen molar-refractivity contribution in [1.29, 1.82) is 0 Å². The van der Waals surface area contributed by atoms with Gasteiger partial charge in [-0.15, -0.1) is 0 Å². The van der Waals surface area contributed by atoms with Crippen LogP contribution < -0.4 is 5.73 Å². The van der Waals surface area contributed by atoms with E-state index >= 15 is 0 Å². The zero-order chi connectivity index (χ0) is 14.8. The minimum absolute atomic E-state index is 0.283. The first-order valence-electron chi connectivity index (χ1n) is 7.75. The first-order valence-corrected chi connectivity index (χ1v) is 7.75. The van der Waals surface area contributed by atoms with Gasteiger partial charge in [-0.05, 0) is 50.3 Å². The van der Waals surface area contributed by atoms with Gasteiger partial charge in [0.15, 0.2) is 0 Å². The normalized spacial score (nSPS) is 25.9. The molecule has 0 spiro atoms.